The molecule has 0 spiro atoms. The molecule has 0 saturated carbocycles. The van der Waals surface area contributed by atoms with Crippen LogP contribution in [0.15, 0.2) is 71.7 Å². The van der Waals surface area contributed by atoms with E-state index in [9.17, 15) is 19.5 Å². The third kappa shape index (κ3) is 5.44. The third-order valence-electron chi connectivity index (χ3n) is 6.69. The van der Waals surface area contributed by atoms with E-state index in [1.807, 2.05) is 67.6 Å². The number of ether oxygens (including phenoxy) is 2. The Morgan fingerprint density at radius 2 is 1.65 bits per heavy atom. The van der Waals surface area contributed by atoms with Gasteiger partial charge in [-0.05, 0) is 17.5 Å². The van der Waals surface area contributed by atoms with Crippen LogP contribution in [0, 0.1) is 0 Å². The number of aromatic nitrogens is 1. The second-order valence-corrected chi connectivity index (χ2v) is 9.07. The van der Waals surface area contributed by atoms with Crippen molar-refractivity contribution in [2.45, 2.75) is 31.7 Å². The minimum atomic E-state index is -1.36. The van der Waals surface area contributed by atoms with Crippen LogP contribution in [0.25, 0.3) is 0 Å². The molecule has 1 aliphatic heterocycles. The lowest BCUT2D eigenvalue weighted by atomic mass is 9.83. The third-order valence-corrected chi connectivity index (χ3v) is 6.69. The molecule has 2 aromatic carbocycles. The number of rotatable bonds is 11. The smallest absolute Gasteiger partial charge is 0.341 e. The van der Waals surface area contributed by atoms with E-state index in [0.717, 1.165) is 17.5 Å². The summed E-state index contributed by atoms with van der Waals surface area (Å²) >= 11 is 0. The second kappa shape index (κ2) is 11.9. The van der Waals surface area contributed by atoms with E-state index >= 15 is 0 Å². The average molecular weight is 505 g/mol. The number of carbonyl (C=O) groups excluding carboxylic acids is 1. The van der Waals surface area contributed by atoms with Crippen molar-refractivity contribution in [2.75, 3.05) is 33.4 Å². The van der Waals surface area contributed by atoms with Gasteiger partial charge in [-0.25, -0.2) is 4.79 Å². The number of unbranched alkanes of at least 4 members (excludes halogenated alkanes) is 1. The first kappa shape index (κ1) is 26.2. The van der Waals surface area contributed by atoms with Crippen LogP contribution in [0.2, 0.25) is 0 Å². The quantitative estimate of drug-likeness (QED) is 0.393. The van der Waals surface area contributed by atoms with Gasteiger partial charge in [-0.3, -0.25) is 9.59 Å². The van der Waals surface area contributed by atoms with Gasteiger partial charge in [0.15, 0.2) is 11.4 Å². The van der Waals surface area contributed by atoms with Gasteiger partial charge in [-0.15, -0.1) is 0 Å². The Bertz CT molecular complexity index is 1250. The Hall–Kier alpha value is -3.91. The van der Waals surface area contributed by atoms with Gasteiger partial charge in [0.2, 0.25) is 5.43 Å². The number of benzene rings is 2. The highest BCUT2D eigenvalue weighted by Gasteiger charge is 2.40. The number of methoxy groups -OCH3 is 1. The van der Waals surface area contributed by atoms with Crippen LogP contribution in [-0.4, -0.2) is 59.9 Å². The van der Waals surface area contributed by atoms with E-state index in [0.29, 0.717) is 26.1 Å². The number of carbonyl (C=O) groups is 2. The maximum atomic E-state index is 13.7. The van der Waals surface area contributed by atoms with Crippen molar-refractivity contribution in [1.82, 2.24) is 9.47 Å². The number of carboxylic acids is 1. The topological polar surface area (TPSA) is 98.1 Å². The summed E-state index contributed by atoms with van der Waals surface area (Å²) in [6.45, 7) is 3.14. The number of hydrogen-bond acceptors (Lipinski definition) is 5. The van der Waals surface area contributed by atoms with E-state index in [1.165, 1.54) is 6.20 Å². The van der Waals surface area contributed by atoms with Crippen LogP contribution >= 0.6 is 0 Å². The lowest BCUT2D eigenvalue weighted by molar-refractivity contribution is 0.0573. The molecular weight excluding hydrogens is 472 g/mol. The van der Waals surface area contributed by atoms with E-state index < -0.39 is 23.0 Å². The highest BCUT2D eigenvalue weighted by molar-refractivity contribution is 5.98. The van der Waals surface area contributed by atoms with Crippen molar-refractivity contribution < 1.29 is 24.2 Å². The van der Waals surface area contributed by atoms with Gasteiger partial charge in [0.05, 0.1) is 19.3 Å². The fourth-order valence-electron chi connectivity index (χ4n) is 4.85. The lowest BCUT2D eigenvalue weighted by Crippen LogP contribution is -2.48. The number of hydrogen-bond donors (Lipinski definition) is 1. The molecule has 0 radical (unpaired) electrons. The van der Waals surface area contributed by atoms with Gasteiger partial charge in [0, 0.05) is 32.3 Å². The summed E-state index contributed by atoms with van der Waals surface area (Å²) in [4.78, 5) is 40.8. The number of fused-ring (bicyclic) bond motifs is 1. The molecule has 194 valence electrons. The average Bonchev–Trinajstić information content (AvgIpc) is 2.91. The molecule has 37 heavy (non-hydrogen) atoms. The molecule has 0 fully saturated rings. The van der Waals surface area contributed by atoms with Crippen molar-refractivity contribution in [1.29, 1.82) is 0 Å². The molecule has 0 aliphatic carbocycles. The summed E-state index contributed by atoms with van der Waals surface area (Å²) in [7, 11) is 1.57. The molecular formula is C29H32N2O6. The summed E-state index contributed by atoms with van der Waals surface area (Å²) in [5, 5.41) is 9.88. The Morgan fingerprint density at radius 1 is 1.03 bits per heavy atom. The highest BCUT2D eigenvalue weighted by Crippen LogP contribution is 2.40. The Balaban J connectivity index is 1.98. The van der Waals surface area contributed by atoms with Gasteiger partial charge < -0.3 is 24.0 Å². The molecule has 0 saturated heterocycles. The largest absolute Gasteiger partial charge is 0.487 e. The van der Waals surface area contributed by atoms with Gasteiger partial charge in [0.25, 0.3) is 5.91 Å². The Morgan fingerprint density at radius 3 is 2.19 bits per heavy atom. The van der Waals surface area contributed by atoms with E-state index in [2.05, 4.69) is 0 Å². The Labute approximate surface area is 216 Å². The minimum Gasteiger partial charge on any atom is -0.487 e. The number of pyridine rings is 1. The van der Waals surface area contributed by atoms with Gasteiger partial charge in [-0.2, -0.15) is 0 Å². The van der Waals surface area contributed by atoms with Crippen LogP contribution in [0.4, 0.5) is 0 Å². The molecule has 3 aromatic rings. The Kier molecular flexibility index (Phi) is 8.40. The summed E-state index contributed by atoms with van der Waals surface area (Å²) in [5.74, 6) is -2.17. The zero-order valence-corrected chi connectivity index (χ0v) is 21.1. The normalized spacial score (nSPS) is 15.1. The molecule has 2 heterocycles. The number of carboxylic acid groups (broad SMARTS) is 1. The highest BCUT2D eigenvalue weighted by atomic mass is 16.5. The van der Waals surface area contributed by atoms with Crippen molar-refractivity contribution in [3.05, 3.63) is 99.5 Å². The lowest BCUT2D eigenvalue weighted by Gasteiger charge is -2.40. The molecule has 0 unspecified atom stereocenters. The van der Waals surface area contributed by atoms with Gasteiger partial charge in [-0.1, -0.05) is 74.0 Å². The number of nitrogens with zero attached hydrogens (tertiary/aromatic N) is 2. The molecule has 1 amide bonds. The van der Waals surface area contributed by atoms with Crippen molar-refractivity contribution >= 4 is 11.9 Å². The SMILES string of the molecule is CCCCOc1c2n(cc(C(=O)O)c1=O)[C@@H](C(c1ccccc1)c1ccccc1)CN(CCOC)C2=O. The van der Waals surface area contributed by atoms with E-state index in [-0.39, 0.29) is 29.9 Å². The van der Waals surface area contributed by atoms with Gasteiger partial charge >= 0.3 is 5.97 Å². The first-order valence-electron chi connectivity index (χ1n) is 12.5. The predicted molar refractivity (Wildman–Crippen MR) is 140 cm³/mol. The van der Waals surface area contributed by atoms with E-state index in [1.54, 1.807) is 16.6 Å². The second-order valence-electron chi connectivity index (χ2n) is 9.07. The fourth-order valence-corrected chi connectivity index (χ4v) is 4.85. The molecule has 1 atom stereocenters. The molecule has 1 N–H and O–H groups in total. The van der Waals surface area contributed by atoms with Gasteiger partial charge in [0.1, 0.15) is 5.56 Å². The zero-order valence-electron chi connectivity index (χ0n) is 21.1. The fraction of sp³-hybridized carbons (Fsp3) is 0.345. The molecule has 8 nitrogen and oxygen atoms in total. The molecule has 1 aromatic heterocycles. The summed E-state index contributed by atoms with van der Waals surface area (Å²) in [5.41, 5.74) is 0.893. The minimum absolute atomic E-state index is 0.0790. The molecule has 0 bridgehead atoms. The summed E-state index contributed by atoms with van der Waals surface area (Å²) in [6, 6.07) is 19.4. The van der Waals surface area contributed by atoms with Crippen molar-refractivity contribution in [2.24, 2.45) is 0 Å². The van der Waals surface area contributed by atoms with Crippen molar-refractivity contribution in [3.8, 4) is 5.75 Å². The number of amides is 1. The first-order chi connectivity index (χ1) is 18.0. The van der Waals surface area contributed by atoms with Crippen LogP contribution in [0.5, 0.6) is 5.75 Å². The maximum Gasteiger partial charge on any atom is 0.341 e. The predicted octanol–water partition coefficient (Wildman–Crippen LogP) is 4.20. The monoisotopic (exact) mass is 504 g/mol. The number of aromatic carboxylic acids is 1. The standard InChI is InChI=1S/C29H32N2O6/c1-3-4-16-37-27-25-28(33)30(15-17-36-2)19-23(31(25)18-22(26(27)32)29(34)35)24(20-11-7-5-8-12-20)21-13-9-6-10-14-21/h5-14,18,23-24H,3-4,15-17,19H2,1-2H3,(H,34,35)/t23-/m1/s1. The van der Waals surface area contributed by atoms with Crippen LogP contribution in [0.3, 0.4) is 0 Å². The molecule has 4 rings (SSSR count). The molecule has 8 heteroatoms. The summed E-state index contributed by atoms with van der Waals surface area (Å²) < 4.78 is 12.8. The van der Waals surface area contributed by atoms with E-state index in [4.69, 9.17) is 9.47 Å². The zero-order chi connectivity index (χ0) is 26.4. The van der Waals surface area contributed by atoms with Crippen LogP contribution in [0.1, 0.15) is 63.7 Å². The maximum absolute atomic E-state index is 13.7. The summed E-state index contributed by atoms with van der Waals surface area (Å²) in [6.07, 6.45) is 2.79. The van der Waals surface area contributed by atoms with Crippen LogP contribution in [-0.2, 0) is 4.74 Å². The molecule has 1 aliphatic rings. The van der Waals surface area contributed by atoms with Crippen molar-refractivity contribution in [3.63, 3.8) is 0 Å². The van der Waals surface area contributed by atoms with Crippen LogP contribution < -0.4 is 10.2 Å². The first-order valence-corrected chi connectivity index (χ1v) is 12.5.